The van der Waals surface area contributed by atoms with Crippen molar-refractivity contribution in [3.05, 3.63) is 47.9 Å². The molecule has 1 aromatic carbocycles. The summed E-state index contributed by atoms with van der Waals surface area (Å²) >= 11 is 0. The quantitative estimate of drug-likeness (QED) is 0.845. The van der Waals surface area contributed by atoms with Crippen molar-refractivity contribution in [2.45, 2.75) is 39.2 Å². The average Bonchev–Trinajstić information content (AvgIpc) is 2.95. The number of anilines is 2. The molecule has 1 amide bonds. The van der Waals surface area contributed by atoms with E-state index in [-0.39, 0.29) is 5.91 Å². The summed E-state index contributed by atoms with van der Waals surface area (Å²) in [6, 6.07) is 8.70. The molecule has 1 atom stereocenters. The largest absolute Gasteiger partial charge is 0.340 e. The molecule has 2 aromatic rings. The predicted octanol–water partition coefficient (Wildman–Crippen LogP) is 3.43. The maximum absolute atomic E-state index is 12.4. The minimum atomic E-state index is -0.0719. The van der Waals surface area contributed by atoms with Gasteiger partial charge < -0.3 is 9.80 Å². The molecule has 0 aliphatic carbocycles. The van der Waals surface area contributed by atoms with Gasteiger partial charge in [0.1, 0.15) is 5.69 Å². The third-order valence-corrected chi connectivity index (χ3v) is 4.51. The van der Waals surface area contributed by atoms with E-state index in [4.69, 9.17) is 0 Å². The molecule has 0 spiro atoms. The van der Waals surface area contributed by atoms with E-state index >= 15 is 0 Å². The van der Waals surface area contributed by atoms with Gasteiger partial charge in [0.05, 0.1) is 12.4 Å². The first-order chi connectivity index (χ1) is 11.6. The highest BCUT2D eigenvalue weighted by molar-refractivity contribution is 5.92. The van der Waals surface area contributed by atoms with Gasteiger partial charge in [-0.1, -0.05) is 31.5 Å². The number of fused-ring (bicyclic) bond motifs is 1. The Morgan fingerprint density at radius 1 is 1.29 bits per heavy atom. The zero-order valence-electron chi connectivity index (χ0n) is 14.6. The van der Waals surface area contributed by atoms with E-state index in [0.717, 1.165) is 31.6 Å². The molecular formula is C19H24N4O. The number of benzene rings is 1. The molecule has 0 radical (unpaired) electrons. The van der Waals surface area contributed by atoms with Gasteiger partial charge in [0, 0.05) is 25.3 Å². The third kappa shape index (κ3) is 3.11. The van der Waals surface area contributed by atoms with Gasteiger partial charge in [0.25, 0.3) is 5.91 Å². The zero-order chi connectivity index (χ0) is 17.1. The smallest absolute Gasteiger partial charge is 0.273 e. The highest BCUT2D eigenvalue weighted by Crippen LogP contribution is 2.36. The van der Waals surface area contributed by atoms with Gasteiger partial charge in [-0.05, 0) is 31.4 Å². The fourth-order valence-electron chi connectivity index (χ4n) is 3.16. The van der Waals surface area contributed by atoms with Gasteiger partial charge in [0.15, 0.2) is 5.82 Å². The second-order valence-electron chi connectivity index (χ2n) is 6.39. The molecular weight excluding hydrogens is 300 g/mol. The van der Waals surface area contributed by atoms with Crippen molar-refractivity contribution in [3.8, 4) is 0 Å². The van der Waals surface area contributed by atoms with Crippen LogP contribution in [0.4, 0.5) is 11.5 Å². The van der Waals surface area contributed by atoms with Crippen LogP contribution in [0.3, 0.4) is 0 Å². The molecule has 0 N–H and O–H groups in total. The van der Waals surface area contributed by atoms with Crippen molar-refractivity contribution in [2.24, 2.45) is 0 Å². The van der Waals surface area contributed by atoms with Crippen LogP contribution in [0.25, 0.3) is 0 Å². The van der Waals surface area contributed by atoms with Crippen LogP contribution in [0.15, 0.2) is 36.7 Å². The molecule has 0 saturated carbocycles. The summed E-state index contributed by atoms with van der Waals surface area (Å²) in [7, 11) is 1.81. The zero-order valence-corrected chi connectivity index (χ0v) is 14.6. The highest BCUT2D eigenvalue weighted by Gasteiger charge is 2.28. The first kappa shape index (κ1) is 16.4. The van der Waals surface area contributed by atoms with Gasteiger partial charge in [-0.25, -0.2) is 9.97 Å². The Kier molecular flexibility index (Phi) is 4.79. The third-order valence-electron chi connectivity index (χ3n) is 4.51. The summed E-state index contributed by atoms with van der Waals surface area (Å²) in [5.41, 5.74) is 2.90. The number of hydrogen-bond acceptors (Lipinski definition) is 4. The Balaban J connectivity index is 1.79. The lowest BCUT2D eigenvalue weighted by Crippen LogP contribution is -2.29. The lowest BCUT2D eigenvalue weighted by molar-refractivity contribution is 0.0787. The number of aromatic nitrogens is 2. The Bertz CT molecular complexity index is 714. The second kappa shape index (κ2) is 6.99. The topological polar surface area (TPSA) is 49.3 Å². The number of carbonyl (C=O) groups excluding carboxylic acids is 1. The summed E-state index contributed by atoms with van der Waals surface area (Å²) in [6.45, 7) is 5.04. The maximum atomic E-state index is 12.4. The summed E-state index contributed by atoms with van der Waals surface area (Å²) < 4.78 is 0. The second-order valence-corrected chi connectivity index (χ2v) is 6.39. The molecule has 2 heterocycles. The number of unbranched alkanes of at least 4 members (excludes halogenated alkanes) is 1. The van der Waals surface area contributed by atoms with E-state index < -0.39 is 0 Å². The molecule has 5 nitrogen and oxygen atoms in total. The van der Waals surface area contributed by atoms with Crippen LogP contribution in [0.2, 0.25) is 0 Å². The van der Waals surface area contributed by atoms with Crippen molar-refractivity contribution >= 4 is 17.4 Å². The number of rotatable bonds is 5. The summed E-state index contributed by atoms with van der Waals surface area (Å²) in [4.78, 5) is 25.1. The van der Waals surface area contributed by atoms with E-state index in [1.807, 2.05) is 13.1 Å². The van der Waals surface area contributed by atoms with Gasteiger partial charge in [-0.15, -0.1) is 0 Å². The van der Waals surface area contributed by atoms with Crippen LogP contribution >= 0.6 is 0 Å². The fourth-order valence-corrected chi connectivity index (χ4v) is 3.16. The van der Waals surface area contributed by atoms with Crippen LogP contribution in [-0.4, -0.2) is 40.4 Å². The van der Waals surface area contributed by atoms with Crippen LogP contribution in [0, 0.1) is 0 Å². The maximum Gasteiger partial charge on any atom is 0.273 e. The molecule has 5 heteroatoms. The standard InChI is InChI=1S/C19H24N4O/c1-4-5-10-22(3)19(24)16-12-21-18(13-20-16)23-14(2)11-15-8-6-7-9-17(15)23/h6-9,12-14H,4-5,10-11H2,1-3H3. The molecule has 0 saturated heterocycles. The molecule has 3 rings (SSSR count). The Hall–Kier alpha value is -2.43. The monoisotopic (exact) mass is 324 g/mol. The first-order valence-corrected chi connectivity index (χ1v) is 8.56. The molecule has 1 aliphatic heterocycles. The molecule has 1 aliphatic rings. The van der Waals surface area contributed by atoms with E-state index in [0.29, 0.717) is 11.7 Å². The van der Waals surface area contributed by atoms with E-state index in [1.165, 1.54) is 11.3 Å². The van der Waals surface area contributed by atoms with E-state index in [9.17, 15) is 4.79 Å². The Labute approximate surface area is 143 Å². The number of para-hydroxylation sites is 1. The molecule has 1 aromatic heterocycles. The average molecular weight is 324 g/mol. The summed E-state index contributed by atoms with van der Waals surface area (Å²) in [5.74, 6) is 0.720. The molecule has 126 valence electrons. The van der Waals surface area contributed by atoms with Gasteiger partial charge in [-0.2, -0.15) is 0 Å². The number of carbonyl (C=O) groups is 1. The van der Waals surface area contributed by atoms with E-state index in [2.05, 4.69) is 46.9 Å². The molecule has 0 bridgehead atoms. The Morgan fingerprint density at radius 2 is 2.08 bits per heavy atom. The fraction of sp³-hybridized carbons (Fsp3) is 0.421. The van der Waals surface area contributed by atoms with Crippen LogP contribution in [0.5, 0.6) is 0 Å². The number of hydrogen-bond donors (Lipinski definition) is 0. The van der Waals surface area contributed by atoms with Crippen molar-refractivity contribution in [1.29, 1.82) is 0 Å². The van der Waals surface area contributed by atoms with Crippen molar-refractivity contribution in [1.82, 2.24) is 14.9 Å². The minimum absolute atomic E-state index is 0.0719. The van der Waals surface area contributed by atoms with Crippen LogP contribution in [-0.2, 0) is 6.42 Å². The lowest BCUT2D eigenvalue weighted by Gasteiger charge is -2.23. The Morgan fingerprint density at radius 3 is 2.79 bits per heavy atom. The van der Waals surface area contributed by atoms with Gasteiger partial charge in [-0.3, -0.25) is 4.79 Å². The molecule has 1 unspecified atom stereocenters. The van der Waals surface area contributed by atoms with Crippen molar-refractivity contribution in [2.75, 3.05) is 18.5 Å². The summed E-state index contributed by atoms with van der Waals surface area (Å²) in [5, 5.41) is 0. The molecule has 24 heavy (non-hydrogen) atoms. The lowest BCUT2D eigenvalue weighted by atomic mass is 10.1. The number of amides is 1. The number of nitrogens with zero attached hydrogens (tertiary/aromatic N) is 4. The normalized spacial score (nSPS) is 16.1. The van der Waals surface area contributed by atoms with Crippen LogP contribution in [0.1, 0.15) is 42.7 Å². The van der Waals surface area contributed by atoms with Crippen LogP contribution < -0.4 is 4.90 Å². The van der Waals surface area contributed by atoms with Gasteiger partial charge in [0.2, 0.25) is 0 Å². The predicted molar refractivity (Wildman–Crippen MR) is 95.6 cm³/mol. The SMILES string of the molecule is CCCCN(C)C(=O)c1cnc(N2c3ccccc3CC2C)cn1. The first-order valence-electron chi connectivity index (χ1n) is 8.56. The van der Waals surface area contributed by atoms with Gasteiger partial charge >= 0.3 is 0 Å². The summed E-state index contributed by atoms with van der Waals surface area (Å²) in [6.07, 6.45) is 6.36. The van der Waals surface area contributed by atoms with Crippen molar-refractivity contribution in [3.63, 3.8) is 0 Å². The van der Waals surface area contributed by atoms with Crippen molar-refractivity contribution < 1.29 is 4.79 Å². The van der Waals surface area contributed by atoms with E-state index in [1.54, 1.807) is 17.3 Å². The highest BCUT2D eigenvalue weighted by atomic mass is 16.2. The molecule has 0 fully saturated rings. The minimum Gasteiger partial charge on any atom is -0.340 e.